The normalized spacial score (nSPS) is 12.8. The maximum absolute atomic E-state index is 12.7. The van der Waals surface area contributed by atoms with Gasteiger partial charge in [-0.1, -0.05) is 23.4 Å². The lowest BCUT2D eigenvalue weighted by molar-refractivity contribution is -0.138. The number of nitrogens with zero attached hydrogens (tertiary/aromatic N) is 1. The number of benzene rings is 2. The van der Waals surface area contributed by atoms with E-state index >= 15 is 0 Å². The molecule has 0 aromatic heterocycles. The molecule has 0 aliphatic rings. The van der Waals surface area contributed by atoms with Gasteiger partial charge in [0.15, 0.2) is 0 Å². The van der Waals surface area contributed by atoms with E-state index in [1.165, 1.54) is 0 Å². The third kappa shape index (κ3) is 3.82. The van der Waals surface area contributed by atoms with Gasteiger partial charge in [0.2, 0.25) is 0 Å². The van der Waals surface area contributed by atoms with Gasteiger partial charge in [-0.2, -0.15) is 26.3 Å². The van der Waals surface area contributed by atoms with E-state index in [1.54, 1.807) is 0 Å². The van der Waals surface area contributed by atoms with E-state index in [4.69, 9.17) is 5.21 Å². The predicted octanol–water partition coefficient (Wildman–Crippen LogP) is 5.20. The van der Waals surface area contributed by atoms with E-state index in [0.717, 1.165) is 48.7 Å². The molecule has 2 aromatic carbocycles. The highest BCUT2D eigenvalue weighted by atomic mass is 19.4. The van der Waals surface area contributed by atoms with Crippen LogP contribution >= 0.6 is 0 Å². The molecule has 2 nitrogen and oxygen atoms in total. The van der Waals surface area contributed by atoms with E-state index in [2.05, 4.69) is 5.16 Å². The lowest BCUT2D eigenvalue weighted by atomic mass is 9.97. The van der Waals surface area contributed by atoms with Crippen LogP contribution in [-0.4, -0.2) is 11.4 Å². The van der Waals surface area contributed by atoms with Crippen LogP contribution in [0.1, 0.15) is 16.7 Å². The smallest absolute Gasteiger partial charge is 0.411 e. The lowest BCUT2D eigenvalue weighted by Gasteiger charge is -2.12. The van der Waals surface area contributed by atoms with Crippen LogP contribution < -0.4 is 0 Å². The molecule has 23 heavy (non-hydrogen) atoms. The Kier molecular flexibility index (Phi) is 4.35. The molecule has 2 aromatic rings. The summed E-state index contributed by atoms with van der Waals surface area (Å²) < 4.78 is 75.7. The van der Waals surface area contributed by atoms with Crippen LogP contribution in [0.4, 0.5) is 26.3 Å². The highest BCUT2D eigenvalue weighted by Crippen LogP contribution is 2.34. The molecule has 0 unspecified atom stereocenters. The van der Waals surface area contributed by atoms with Crippen molar-refractivity contribution < 1.29 is 31.5 Å². The van der Waals surface area contributed by atoms with Crippen LogP contribution in [0.25, 0.3) is 11.1 Å². The number of alkyl halides is 6. The van der Waals surface area contributed by atoms with Crippen LogP contribution in [0.3, 0.4) is 0 Å². The average molecular weight is 333 g/mol. The van der Waals surface area contributed by atoms with Gasteiger partial charge in [-0.25, -0.2) is 0 Å². The molecule has 0 atom stereocenters. The van der Waals surface area contributed by atoms with Crippen LogP contribution in [-0.2, 0) is 12.4 Å². The zero-order chi connectivity index (χ0) is 17.3. The molecule has 2 rings (SSSR count). The van der Waals surface area contributed by atoms with Gasteiger partial charge in [0.25, 0.3) is 0 Å². The molecule has 0 saturated carbocycles. The van der Waals surface area contributed by atoms with Gasteiger partial charge in [0.1, 0.15) is 0 Å². The molecular weight excluding hydrogens is 324 g/mol. The maximum Gasteiger partial charge on any atom is 0.416 e. The average Bonchev–Trinajstić information content (AvgIpc) is 2.46. The highest BCUT2D eigenvalue weighted by molar-refractivity contribution is 5.90. The second-order valence-corrected chi connectivity index (χ2v) is 4.62. The Balaban J connectivity index is 2.50. The van der Waals surface area contributed by atoms with Crippen molar-refractivity contribution in [2.75, 3.05) is 0 Å². The van der Waals surface area contributed by atoms with Crippen molar-refractivity contribution in [3.05, 3.63) is 59.2 Å². The summed E-state index contributed by atoms with van der Waals surface area (Å²) in [5.41, 5.74) is -1.41. The van der Waals surface area contributed by atoms with E-state index in [9.17, 15) is 26.3 Å². The molecule has 1 N–H and O–H groups in total. The molecular formula is C15H9F6NO. The molecule has 0 amide bonds. The van der Waals surface area contributed by atoms with E-state index in [1.807, 2.05) is 0 Å². The van der Waals surface area contributed by atoms with Crippen molar-refractivity contribution in [2.45, 2.75) is 12.4 Å². The summed E-state index contributed by atoms with van der Waals surface area (Å²) in [4.78, 5) is 0. The van der Waals surface area contributed by atoms with Gasteiger partial charge in [-0.05, 0) is 35.4 Å². The first-order chi connectivity index (χ1) is 10.6. The Labute approximate surface area is 126 Å². The zero-order valence-corrected chi connectivity index (χ0v) is 11.3. The molecule has 0 aliphatic heterocycles. The molecule has 0 bridgehead atoms. The summed E-state index contributed by atoms with van der Waals surface area (Å²) in [5, 5.41) is 11.3. The molecule has 0 heterocycles. The number of oxime groups is 1. The van der Waals surface area contributed by atoms with Gasteiger partial charge < -0.3 is 5.21 Å². The highest BCUT2D eigenvalue weighted by Gasteiger charge is 2.31. The molecule has 0 aliphatic carbocycles. The van der Waals surface area contributed by atoms with Crippen LogP contribution in [0.5, 0.6) is 0 Å². The number of hydrogen-bond donors (Lipinski definition) is 1. The molecule has 0 saturated heterocycles. The van der Waals surface area contributed by atoms with Crippen molar-refractivity contribution in [1.29, 1.82) is 0 Å². The summed E-state index contributed by atoms with van der Waals surface area (Å²) in [6.07, 6.45) is -8.30. The van der Waals surface area contributed by atoms with Crippen LogP contribution in [0.2, 0.25) is 0 Å². The SMILES string of the molecule is O/N=C/c1cc(C(F)(F)F)ccc1-c1ccc(C(F)(F)F)cc1. The quantitative estimate of drug-likeness (QED) is 0.348. The Bertz CT molecular complexity index is 716. The first kappa shape index (κ1) is 16.9. The second-order valence-electron chi connectivity index (χ2n) is 4.62. The van der Waals surface area contributed by atoms with Crippen molar-refractivity contribution >= 4 is 6.21 Å². The van der Waals surface area contributed by atoms with Gasteiger partial charge >= 0.3 is 12.4 Å². The molecule has 0 spiro atoms. The topological polar surface area (TPSA) is 32.6 Å². The minimum atomic E-state index is -4.59. The minimum absolute atomic E-state index is 0.0675. The Morgan fingerprint density at radius 1 is 0.783 bits per heavy atom. The van der Waals surface area contributed by atoms with Gasteiger partial charge in [-0.15, -0.1) is 0 Å². The molecule has 0 radical (unpaired) electrons. The van der Waals surface area contributed by atoms with Gasteiger partial charge in [-0.3, -0.25) is 0 Å². The molecule has 0 fully saturated rings. The Morgan fingerprint density at radius 3 is 1.78 bits per heavy atom. The lowest BCUT2D eigenvalue weighted by Crippen LogP contribution is -2.06. The molecule has 122 valence electrons. The minimum Gasteiger partial charge on any atom is -0.411 e. The fourth-order valence-corrected chi connectivity index (χ4v) is 2.01. The molecule has 8 heteroatoms. The van der Waals surface area contributed by atoms with Crippen molar-refractivity contribution in [3.8, 4) is 11.1 Å². The van der Waals surface area contributed by atoms with Crippen molar-refractivity contribution in [1.82, 2.24) is 0 Å². The summed E-state index contributed by atoms with van der Waals surface area (Å²) in [7, 11) is 0. The van der Waals surface area contributed by atoms with Crippen molar-refractivity contribution in [2.24, 2.45) is 5.16 Å². The summed E-state index contributed by atoms with van der Waals surface area (Å²) in [6.45, 7) is 0. The van der Waals surface area contributed by atoms with Gasteiger partial charge in [0.05, 0.1) is 17.3 Å². The summed E-state index contributed by atoms with van der Waals surface area (Å²) >= 11 is 0. The largest absolute Gasteiger partial charge is 0.416 e. The Morgan fingerprint density at radius 2 is 1.30 bits per heavy atom. The first-order valence-corrected chi connectivity index (χ1v) is 6.19. The number of halogens is 6. The fraction of sp³-hybridized carbons (Fsp3) is 0.133. The monoisotopic (exact) mass is 333 g/mol. The van der Waals surface area contributed by atoms with E-state index in [0.29, 0.717) is 0 Å². The van der Waals surface area contributed by atoms with E-state index < -0.39 is 23.5 Å². The second kappa shape index (κ2) is 5.94. The summed E-state index contributed by atoms with van der Waals surface area (Å²) in [6, 6.07) is 6.61. The summed E-state index contributed by atoms with van der Waals surface area (Å²) in [5.74, 6) is 0. The third-order valence-corrected chi connectivity index (χ3v) is 3.10. The third-order valence-electron chi connectivity index (χ3n) is 3.10. The Hall–Kier alpha value is -2.51. The van der Waals surface area contributed by atoms with Crippen LogP contribution in [0, 0.1) is 0 Å². The van der Waals surface area contributed by atoms with Gasteiger partial charge in [0, 0.05) is 5.56 Å². The zero-order valence-electron chi connectivity index (χ0n) is 11.3. The maximum atomic E-state index is 12.7. The predicted molar refractivity (Wildman–Crippen MR) is 71.3 cm³/mol. The first-order valence-electron chi connectivity index (χ1n) is 6.19. The van der Waals surface area contributed by atoms with Crippen molar-refractivity contribution in [3.63, 3.8) is 0 Å². The standard InChI is InChI=1S/C15H9F6NO/c16-14(17,18)11-3-1-9(2-4-11)13-6-5-12(15(19,20)21)7-10(13)8-22-23/h1-8,23H/b22-8+. The fourth-order valence-electron chi connectivity index (χ4n) is 2.01. The van der Waals surface area contributed by atoms with Crippen LogP contribution in [0.15, 0.2) is 47.6 Å². The number of hydrogen-bond acceptors (Lipinski definition) is 2. The number of rotatable bonds is 2. The van der Waals surface area contributed by atoms with E-state index in [-0.39, 0.29) is 16.7 Å².